The summed E-state index contributed by atoms with van der Waals surface area (Å²) >= 11 is 0. The van der Waals surface area contributed by atoms with Crippen LogP contribution in [0.25, 0.3) is 0 Å². The summed E-state index contributed by atoms with van der Waals surface area (Å²) in [5.41, 5.74) is 5.13. The van der Waals surface area contributed by atoms with Crippen LogP contribution in [-0.2, 0) is 0 Å². The summed E-state index contributed by atoms with van der Waals surface area (Å²) in [6, 6.07) is 0. The Hall–Kier alpha value is -1.14. The lowest BCUT2D eigenvalue weighted by Crippen LogP contribution is -2.37. The zero-order valence-electron chi connectivity index (χ0n) is 6.60. The van der Waals surface area contributed by atoms with Crippen LogP contribution in [0, 0.1) is 0 Å². The normalized spacial score (nSPS) is 13.2. The van der Waals surface area contributed by atoms with Crippen molar-refractivity contribution in [2.24, 2.45) is 16.7 Å². The van der Waals surface area contributed by atoms with E-state index in [2.05, 4.69) is 5.10 Å². The standard InChI is InChI=1S/C5H11F3N4/c1-12(4(9)11-10)3-2-5(6,7)8/h2-3,10H2,1H3,(H2,9,11). The highest BCUT2D eigenvalue weighted by Crippen LogP contribution is 2.19. The maximum absolute atomic E-state index is 11.6. The molecule has 0 saturated carbocycles. The van der Waals surface area contributed by atoms with Crippen molar-refractivity contribution in [3.05, 3.63) is 0 Å². The lowest BCUT2D eigenvalue weighted by molar-refractivity contribution is -0.135. The molecule has 4 N–H and O–H groups in total. The first-order valence-corrected chi connectivity index (χ1v) is 3.18. The lowest BCUT2D eigenvalue weighted by atomic mass is 10.4. The third-order valence-electron chi connectivity index (χ3n) is 1.25. The monoisotopic (exact) mass is 184 g/mol. The third kappa shape index (κ3) is 4.64. The number of alkyl halides is 3. The van der Waals surface area contributed by atoms with Crippen molar-refractivity contribution in [1.29, 1.82) is 0 Å². The molecule has 0 aliphatic heterocycles. The van der Waals surface area contributed by atoms with Gasteiger partial charge in [0, 0.05) is 13.6 Å². The zero-order valence-corrected chi connectivity index (χ0v) is 6.60. The van der Waals surface area contributed by atoms with E-state index in [9.17, 15) is 13.2 Å². The van der Waals surface area contributed by atoms with Crippen molar-refractivity contribution in [2.75, 3.05) is 13.6 Å². The SMILES string of the molecule is CN(CCC(F)(F)F)C(N)=NN. The fraction of sp³-hybridized carbons (Fsp3) is 0.800. The number of nitrogens with two attached hydrogens (primary N) is 2. The Bertz CT molecular complexity index is 165. The zero-order chi connectivity index (χ0) is 9.78. The van der Waals surface area contributed by atoms with E-state index in [1.807, 2.05) is 0 Å². The van der Waals surface area contributed by atoms with Crippen molar-refractivity contribution in [3.8, 4) is 0 Å². The fourth-order valence-electron chi connectivity index (χ4n) is 0.508. The molecule has 0 bridgehead atoms. The molecule has 72 valence electrons. The van der Waals surface area contributed by atoms with Crippen LogP contribution in [0.15, 0.2) is 5.10 Å². The minimum absolute atomic E-state index is 0.112. The van der Waals surface area contributed by atoms with Gasteiger partial charge in [0.2, 0.25) is 5.96 Å². The Kier molecular flexibility index (Phi) is 3.65. The molecule has 7 heteroatoms. The molecule has 0 unspecified atom stereocenters. The quantitative estimate of drug-likeness (QED) is 0.276. The highest BCUT2D eigenvalue weighted by Gasteiger charge is 2.27. The molecular formula is C5H11F3N4. The van der Waals surface area contributed by atoms with Gasteiger partial charge in [-0.25, -0.2) is 0 Å². The molecule has 0 fully saturated rings. The highest BCUT2D eigenvalue weighted by atomic mass is 19.4. The van der Waals surface area contributed by atoms with Crippen molar-refractivity contribution in [1.82, 2.24) is 4.90 Å². The lowest BCUT2D eigenvalue weighted by Gasteiger charge is -2.17. The number of nitrogens with zero attached hydrogens (tertiary/aromatic N) is 2. The van der Waals surface area contributed by atoms with Gasteiger partial charge in [-0.1, -0.05) is 0 Å². The molecule has 0 amide bonds. The van der Waals surface area contributed by atoms with Gasteiger partial charge in [-0.3, -0.25) is 0 Å². The van der Waals surface area contributed by atoms with Gasteiger partial charge in [0.05, 0.1) is 6.42 Å². The molecule has 12 heavy (non-hydrogen) atoms. The van der Waals surface area contributed by atoms with Crippen LogP contribution in [0.3, 0.4) is 0 Å². The van der Waals surface area contributed by atoms with Crippen LogP contribution < -0.4 is 11.6 Å². The number of guanidine groups is 1. The van der Waals surface area contributed by atoms with E-state index in [1.54, 1.807) is 0 Å². The van der Waals surface area contributed by atoms with E-state index in [1.165, 1.54) is 7.05 Å². The van der Waals surface area contributed by atoms with E-state index in [-0.39, 0.29) is 12.5 Å². The second kappa shape index (κ2) is 4.03. The molecule has 0 aromatic rings. The van der Waals surface area contributed by atoms with E-state index in [0.29, 0.717) is 0 Å². The number of rotatable bonds is 2. The Balaban J connectivity index is 3.80. The molecule has 0 radical (unpaired) electrons. The number of hydrogen-bond donors (Lipinski definition) is 2. The molecule has 0 aliphatic carbocycles. The molecular weight excluding hydrogens is 173 g/mol. The molecule has 0 rings (SSSR count). The minimum atomic E-state index is -4.18. The summed E-state index contributed by atoms with van der Waals surface area (Å²) in [5, 5.41) is 3.04. The Morgan fingerprint density at radius 1 is 1.50 bits per heavy atom. The topological polar surface area (TPSA) is 67.6 Å². The minimum Gasteiger partial charge on any atom is -0.368 e. The maximum Gasteiger partial charge on any atom is 0.390 e. The van der Waals surface area contributed by atoms with Gasteiger partial charge in [0.15, 0.2) is 0 Å². The van der Waals surface area contributed by atoms with Crippen molar-refractivity contribution in [2.45, 2.75) is 12.6 Å². The van der Waals surface area contributed by atoms with E-state index in [0.717, 1.165) is 4.90 Å². The smallest absolute Gasteiger partial charge is 0.368 e. The average molecular weight is 184 g/mol. The summed E-state index contributed by atoms with van der Waals surface area (Å²) in [6.07, 6.45) is -5.11. The van der Waals surface area contributed by atoms with E-state index < -0.39 is 12.6 Å². The van der Waals surface area contributed by atoms with Crippen LogP contribution in [0.1, 0.15) is 6.42 Å². The Labute approximate surface area is 68.0 Å². The van der Waals surface area contributed by atoms with Crippen molar-refractivity contribution in [3.63, 3.8) is 0 Å². The van der Waals surface area contributed by atoms with Crippen LogP contribution in [0.2, 0.25) is 0 Å². The largest absolute Gasteiger partial charge is 0.390 e. The predicted molar refractivity (Wildman–Crippen MR) is 39.1 cm³/mol. The molecule has 0 aromatic carbocycles. The van der Waals surface area contributed by atoms with Crippen molar-refractivity contribution >= 4 is 5.96 Å². The molecule has 0 aliphatic rings. The van der Waals surface area contributed by atoms with Crippen molar-refractivity contribution < 1.29 is 13.2 Å². The number of hydrogen-bond acceptors (Lipinski definition) is 2. The van der Waals surface area contributed by atoms with Gasteiger partial charge in [0.25, 0.3) is 0 Å². The third-order valence-corrected chi connectivity index (χ3v) is 1.25. The fourth-order valence-corrected chi connectivity index (χ4v) is 0.508. The van der Waals surface area contributed by atoms with Gasteiger partial charge in [0.1, 0.15) is 0 Å². The molecule has 4 nitrogen and oxygen atoms in total. The molecule has 0 heterocycles. The number of halogens is 3. The highest BCUT2D eigenvalue weighted by molar-refractivity contribution is 5.77. The predicted octanol–water partition coefficient (Wildman–Crippen LogP) is 0.0590. The second-order valence-corrected chi connectivity index (χ2v) is 2.27. The number of hydrazone groups is 1. The molecule has 0 saturated heterocycles. The molecule has 0 atom stereocenters. The van der Waals surface area contributed by atoms with Crippen LogP contribution in [0.4, 0.5) is 13.2 Å². The van der Waals surface area contributed by atoms with Crippen LogP contribution >= 0.6 is 0 Å². The van der Waals surface area contributed by atoms with Crippen LogP contribution in [-0.4, -0.2) is 30.6 Å². The van der Waals surface area contributed by atoms with Gasteiger partial charge in [-0.2, -0.15) is 13.2 Å². The summed E-state index contributed by atoms with van der Waals surface area (Å²) in [7, 11) is 1.39. The second-order valence-electron chi connectivity index (χ2n) is 2.27. The molecule has 0 spiro atoms. The van der Waals surface area contributed by atoms with Gasteiger partial charge in [-0.15, -0.1) is 5.10 Å². The van der Waals surface area contributed by atoms with E-state index >= 15 is 0 Å². The average Bonchev–Trinajstić information content (AvgIpc) is 1.97. The Morgan fingerprint density at radius 3 is 2.33 bits per heavy atom. The van der Waals surface area contributed by atoms with Gasteiger partial charge < -0.3 is 16.5 Å². The first kappa shape index (κ1) is 10.9. The first-order valence-electron chi connectivity index (χ1n) is 3.18. The summed E-state index contributed by atoms with van der Waals surface area (Å²) in [4.78, 5) is 1.13. The molecule has 0 aromatic heterocycles. The summed E-state index contributed by atoms with van der Waals surface area (Å²) < 4.78 is 34.9. The van der Waals surface area contributed by atoms with E-state index in [4.69, 9.17) is 11.6 Å². The maximum atomic E-state index is 11.6. The van der Waals surface area contributed by atoms with Gasteiger partial charge >= 0.3 is 6.18 Å². The van der Waals surface area contributed by atoms with Gasteiger partial charge in [-0.05, 0) is 0 Å². The summed E-state index contributed by atoms with van der Waals surface area (Å²) in [5.74, 6) is 4.64. The first-order chi connectivity index (χ1) is 5.37. The Morgan fingerprint density at radius 2 is 2.00 bits per heavy atom. The summed E-state index contributed by atoms with van der Waals surface area (Å²) in [6.45, 7) is -0.240. The van der Waals surface area contributed by atoms with Crippen LogP contribution in [0.5, 0.6) is 0 Å².